The molecule has 0 saturated carbocycles. The van der Waals surface area contributed by atoms with Gasteiger partial charge in [0.1, 0.15) is 21.5 Å². The van der Waals surface area contributed by atoms with Gasteiger partial charge in [-0.05, 0) is 37.6 Å². The zero-order valence-electron chi connectivity index (χ0n) is 16.4. The summed E-state index contributed by atoms with van der Waals surface area (Å²) in [7, 11) is 0. The van der Waals surface area contributed by atoms with E-state index in [0.29, 0.717) is 16.7 Å². The Morgan fingerprint density at radius 2 is 1.73 bits per heavy atom. The first-order chi connectivity index (χ1) is 14.6. The fourth-order valence-corrected chi connectivity index (χ4v) is 5.52. The van der Waals surface area contributed by atoms with E-state index in [0.717, 1.165) is 25.9 Å². The highest BCUT2D eigenvalue weighted by molar-refractivity contribution is 7.99. The predicted octanol–water partition coefficient (Wildman–Crippen LogP) is 5.76. The summed E-state index contributed by atoms with van der Waals surface area (Å²) in [5, 5.41) is 2.47. The van der Waals surface area contributed by atoms with Gasteiger partial charge in [-0.3, -0.25) is 4.79 Å². The molecule has 5 rings (SSSR count). The van der Waals surface area contributed by atoms with Crippen LogP contribution in [0.4, 0.5) is 0 Å². The minimum Gasteiger partial charge on any atom is -0.309 e. The van der Waals surface area contributed by atoms with E-state index >= 15 is 0 Å². The first-order valence-electron chi connectivity index (χ1n) is 9.58. The zero-order valence-corrected chi connectivity index (χ0v) is 18.1. The number of para-hydroxylation sites is 1. The smallest absolute Gasteiger partial charge is 0.258 e. The van der Waals surface area contributed by atoms with Crippen LogP contribution in [0.3, 0.4) is 0 Å². The Hall–Kier alpha value is -3.03. The average molecular weight is 431 g/mol. The van der Waals surface area contributed by atoms with Gasteiger partial charge in [0.15, 0.2) is 0 Å². The Kier molecular flexibility index (Phi) is 4.84. The molecule has 7 heteroatoms. The second-order valence-electron chi connectivity index (χ2n) is 7.00. The van der Waals surface area contributed by atoms with E-state index in [1.165, 1.54) is 5.56 Å². The number of hydrogen-bond donors (Lipinski definition) is 1. The van der Waals surface area contributed by atoms with E-state index in [9.17, 15) is 4.79 Å². The van der Waals surface area contributed by atoms with Crippen LogP contribution in [0.2, 0.25) is 0 Å². The van der Waals surface area contributed by atoms with E-state index in [1.54, 1.807) is 29.2 Å². The summed E-state index contributed by atoms with van der Waals surface area (Å²) in [6, 6.07) is 19.8. The van der Waals surface area contributed by atoms with Gasteiger partial charge in [0.25, 0.3) is 5.56 Å². The molecule has 0 bridgehead atoms. The summed E-state index contributed by atoms with van der Waals surface area (Å²) in [6.45, 7) is 3.94. The van der Waals surface area contributed by atoms with Crippen molar-refractivity contribution < 1.29 is 0 Å². The maximum atomic E-state index is 12.5. The minimum atomic E-state index is -0.117. The second kappa shape index (κ2) is 7.66. The monoisotopic (exact) mass is 430 g/mol. The molecule has 0 amide bonds. The molecule has 5 aromatic rings. The van der Waals surface area contributed by atoms with Crippen molar-refractivity contribution in [2.45, 2.75) is 24.1 Å². The van der Waals surface area contributed by atoms with Gasteiger partial charge in [-0.2, -0.15) is 0 Å². The molecule has 3 aromatic heterocycles. The molecule has 1 unspecified atom stereocenters. The van der Waals surface area contributed by atoms with Crippen LogP contribution in [0, 0.1) is 6.92 Å². The highest BCUT2D eigenvalue weighted by Gasteiger charge is 2.18. The molecule has 0 radical (unpaired) electrons. The van der Waals surface area contributed by atoms with Gasteiger partial charge in [-0.15, -0.1) is 11.3 Å². The van der Waals surface area contributed by atoms with E-state index < -0.39 is 0 Å². The van der Waals surface area contributed by atoms with Crippen LogP contribution in [-0.2, 0) is 0 Å². The Morgan fingerprint density at radius 1 is 0.967 bits per heavy atom. The molecule has 0 aliphatic rings. The fraction of sp³-hybridized carbons (Fsp3) is 0.130. The number of nitrogens with one attached hydrogen (secondary N) is 1. The van der Waals surface area contributed by atoms with Crippen molar-refractivity contribution in [3.8, 4) is 10.4 Å². The van der Waals surface area contributed by atoms with E-state index in [-0.39, 0.29) is 10.8 Å². The molecule has 2 aromatic carbocycles. The van der Waals surface area contributed by atoms with Gasteiger partial charge in [0, 0.05) is 10.3 Å². The van der Waals surface area contributed by atoms with Crippen molar-refractivity contribution in [1.29, 1.82) is 0 Å². The van der Waals surface area contributed by atoms with Gasteiger partial charge in [-0.1, -0.05) is 54.2 Å². The second-order valence-corrected chi connectivity index (χ2v) is 9.36. The van der Waals surface area contributed by atoms with Gasteiger partial charge >= 0.3 is 0 Å². The maximum absolute atomic E-state index is 12.5. The number of aryl methyl sites for hydroxylation is 1. The molecule has 3 heterocycles. The molecular weight excluding hydrogens is 412 g/mol. The van der Waals surface area contributed by atoms with Crippen LogP contribution in [0.1, 0.15) is 23.8 Å². The van der Waals surface area contributed by atoms with Crippen molar-refractivity contribution in [1.82, 2.24) is 19.9 Å². The number of rotatable bonds is 4. The normalized spacial score (nSPS) is 12.5. The molecule has 5 nitrogen and oxygen atoms in total. The van der Waals surface area contributed by atoms with Gasteiger partial charge < -0.3 is 4.98 Å². The maximum Gasteiger partial charge on any atom is 0.258 e. The summed E-state index contributed by atoms with van der Waals surface area (Å²) in [4.78, 5) is 31.5. The fourth-order valence-electron chi connectivity index (χ4n) is 3.35. The Labute approximate surface area is 181 Å². The molecule has 148 valence electrons. The highest BCUT2D eigenvalue weighted by atomic mass is 32.2. The molecular formula is C23H18N4OS2. The van der Waals surface area contributed by atoms with E-state index in [4.69, 9.17) is 4.98 Å². The van der Waals surface area contributed by atoms with Crippen LogP contribution < -0.4 is 5.56 Å². The van der Waals surface area contributed by atoms with Crippen LogP contribution in [0.5, 0.6) is 0 Å². The Bertz CT molecular complexity index is 1430. The van der Waals surface area contributed by atoms with Gasteiger partial charge in [0.05, 0.1) is 16.2 Å². The molecule has 30 heavy (non-hydrogen) atoms. The van der Waals surface area contributed by atoms with Crippen LogP contribution >= 0.6 is 23.1 Å². The van der Waals surface area contributed by atoms with E-state index in [1.807, 2.05) is 50.2 Å². The summed E-state index contributed by atoms with van der Waals surface area (Å²) in [5.74, 6) is 1.38. The zero-order chi connectivity index (χ0) is 20.7. The summed E-state index contributed by atoms with van der Waals surface area (Å²) >= 11 is 3.26. The van der Waals surface area contributed by atoms with Crippen LogP contribution in [0.15, 0.2) is 70.5 Å². The van der Waals surface area contributed by atoms with E-state index in [2.05, 4.69) is 33.2 Å². The SMILES string of the molecule is Cc1nc(SC(C)c2nc3ccccc3c(=O)[nH]2)c2cc(-c3ccccc3)sc2n1. The van der Waals surface area contributed by atoms with Crippen molar-refractivity contribution in [2.75, 3.05) is 0 Å². The number of thiophene rings is 1. The molecule has 0 aliphatic carbocycles. The Morgan fingerprint density at radius 3 is 2.57 bits per heavy atom. The highest BCUT2D eigenvalue weighted by Crippen LogP contribution is 2.40. The number of benzene rings is 2. The summed E-state index contributed by atoms with van der Waals surface area (Å²) in [6.07, 6.45) is 0. The third-order valence-corrected chi connectivity index (χ3v) is 7.02. The number of aromatic amines is 1. The number of aromatic nitrogens is 4. The molecule has 0 aliphatic heterocycles. The van der Waals surface area contributed by atoms with Crippen molar-refractivity contribution in [3.05, 3.63) is 82.7 Å². The number of nitrogens with zero attached hydrogens (tertiary/aromatic N) is 3. The molecule has 1 N–H and O–H groups in total. The van der Waals surface area contributed by atoms with Crippen LogP contribution in [0.25, 0.3) is 31.6 Å². The van der Waals surface area contributed by atoms with Crippen molar-refractivity contribution in [3.63, 3.8) is 0 Å². The third-order valence-electron chi connectivity index (χ3n) is 4.83. The van der Waals surface area contributed by atoms with Crippen LogP contribution in [-0.4, -0.2) is 19.9 Å². The lowest BCUT2D eigenvalue weighted by atomic mass is 10.2. The minimum absolute atomic E-state index is 0.0696. The predicted molar refractivity (Wildman–Crippen MR) is 124 cm³/mol. The number of hydrogen-bond acceptors (Lipinski definition) is 6. The van der Waals surface area contributed by atoms with Crippen molar-refractivity contribution in [2.24, 2.45) is 0 Å². The first kappa shape index (κ1) is 19.0. The summed E-state index contributed by atoms with van der Waals surface area (Å²) in [5.41, 5.74) is 1.76. The molecule has 0 saturated heterocycles. The number of fused-ring (bicyclic) bond motifs is 2. The van der Waals surface area contributed by atoms with Gasteiger partial charge in [0.2, 0.25) is 0 Å². The van der Waals surface area contributed by atoms with Crippen molar-refractivity contribution >= 4 is 44.2 Å². The lowest BCUT2D eigenvalue weighted by Gasteiger charge is -2.11. The number of thioether (sulfide) groups is 1. The average Bonchev–Trinajstić information content (AvgIpc) is 3.18. The quantitative estimate of drug-likeness (QED) is 0.290. The molecule has 0 fully saturated rings. The molecule has 0 spiro atoms. The first-order valence-corrected chi connectivity index (χ1v) is 11.3. The third kappa shape index (κ3) is 3.51. The largest absolute Gasteiger partial charge is 0.309 e. The standard InChI is InChI=1S/C23H18N4OS2/c1-13(20-26-18-11-7-6-10-16(18)21(28)27-20)29-22-17-12-19(15-8-4-3-5-9-15)30-23(17)25-14(2)24-22/h3-13H,1-2H3,(H,26,27,28). The number of H-pyrrole nitrogens is 1. The molecule has 1 atom stereocenters. The Balaban J connectivity index is 1.55. The lowest BCUT2D eigenvalue weighted by Crippen LogP contribution is -2.12. The lowest BCUT2D eigenvalue weighted by molar-refractivity contribution is 0.916. The topological polar surface area (TPSA) is 71.5 Å². The summed E-state index contributed by atoms with van der Waals surface area (Å²) < 4.78 is 0. The van der Waals surface area contributed by atoms with Gasteiger partial charge in [-0.25, -0.2) is 15.0 Å².